The van der Waals surface area contributed by atoms with Gasteiger partial charge in [0.15, 0.2) is 0 Å². The smallest absolute Gasteiger partial charge is 0.414 e. The van der Waals surface area contributed by atoms with Crippen molar-refractivity contribution in [3.63, 3.8) is 0 Å². The van der Waals surface area contributed by atoms with E-state index in [0.717, 1.165) is 16.7 Å². The van der Waals surface area contributed by atoms with Gasteiger partial charge in [0.1, 0.15) is 5.60 Å². The number of hydrogen-bond donors (Lipinski definition) is 0. The third-order valence-electron chi connectivity index (χ3n) is 2.87. The summed E-state index contributed by atoms with van der Waals surface area (Å²) < 4.78 is 6.46. The van der Waals surface area contributed by atoms with E-state index >= 15 is 0 Å². The molecule has 1 aliphatic rings. The fourth-order valence-corrected chi connectivity index (χ4v) is 2.87. The number of alkyl halides is 1. The first-order valence-corrected chi connectivity index (χ1v) is 7.60. The van der Waals surface area contributed by atoms with Gasteiger partial charge in [-0.2, -0.15) is 0 Å². The van der Waals surface area contributed by atoms with Gasteiger partial charge in [-0.3, -0.25) is 4.90 Å². The standard InChI is InChI=1S/C14H18INO2/c1-14(2,3)18-13(17)16-9-10(8-15)11-6-4-5-7-12(11)16/h4-7,10H,8-9H2,1-3H3. The number of hydrogen-bond acceptors (Lipinski definition) is 2. The summed E-state index contributed by atoms with van der Waals surface area (Å²) in [6.07, 6.45) is -0.248. The predicted molar refractivity (Wildman–Crippen MR) is 81.7 cm³/mol. The molecule has 1 atom stereocenters. The Balaban J connectivity index is 2.24. The van der Waals surface area contributed by atoms with Crippen molar-refractivity contribution < 1.29 is 9.53 Å². The highest BCUT2D eigenvalue weighted by Crippen LogP contribution is 2.37. The predicted octanol–water partition coefficient (Wildman–Crippen LogP) is 3.96. The van der Waals surface area contributed by atoms with Crippen LogP contribution in [0.25, 0.3) is 0 Å². The van der Waals surface area contributed by atoms with Crippen LogP contribution in [-0.4, -0.2) is 22.7 Å². The summed E-state index contributed by atoms with van der Waals surface area (Å²) in [5.41, 5.74) is 1.79. The summed E-state index contributed by atoms with van der Waals surface area (Å²) in [5.74, 6) is 0.411. The lowest BCUT2D eigenvalue weighted by molar-refractivity contribution is 0.0582. The van der Waals surface area contributed by atoms with Crippen LogP contribution < -0.4 is 4.90 Å². The van der Waals surface area contributed by atoms with Crippen LogP contribution in [-0.2, 0) is 4.74 Å². The van der Waals surface area contributed by atoms with E-state index in [1.54, 1.807) is 4.90 Å². The van der Waals surface area contributed by atoms with Gasteiger partial charge in [0, 0.05) is 16.9 Å². The number of rotatable bonds is 1. The largest absolute Gasteiger partial charge is 0.443 e. The van der Waals surface area contributed by atoms with Crippen LogP contribution in [0.15, 0.2) is 24.3 Å². The topological polar surface area (TPSA) is 29.5 Å². The number of halogens is 1. The molecule has 1 aromatic rings. The number of benzene rings is 1. The highest BCUT2D eigenvalue weighted by molar-refractivity contribution is 14.1. The molecule has 98 valence electrons. The summed E-state index contributed by atoms with van der Waals surface area (Å²) in [4.78, 5) is 13.9. The van der Waals surface area contributed by atoms with Gasteiger partial charge in [0.25, 0.3) is 0 Å². The molecule has 3 nitrogen and oxygen atoms in total. The second-order valence-corrected chi connectivity index (χ2v) is 6.38. The molecule has 0 spiro atoms. The summed E-state index contributed by atoms with van der Waals surface area (Å²) in [6.45, 7) is 6.39. The number of carbonyl (C=O) groups is 1. The molecule has 0 saturated carbocycles. The van der Waals surface area contributed by atoms with Crippen molar-refractivity contribution in [1.29, 1.82) is 0 Å². The van der Waals surface area contributed by atoms with Gasteiger partial charge in [-0.15, -0.1) is 0 Å². The molecule has 1 unspecified atom stereocenters. The van der Waals surface area contributed by atoms with Crippen molar-refractivity contribution in [2.24, 2.45) is 0 Å². The van der Waals surface area contributed by atoms with Crippen LogP contribution in [0, 0.1) is 0 Å². The maximum Gasteiger partial charge on any atom is 0.414 e. The molecular weight excluding hydrogens is 341 g/mol. The fraction of sp³-hybridized carbons (Fsp3) is 0.500. The number of anilines is 1. The Bertz CT molecular complexity index is 453. The van der Waals surface area contributed by atoms with Crippen LogP contribution >= 0.6 is 22.6 Å². The molecule has 0 radical (unpaired) electrons. The minimum Gasteiger partial charge on any atom is -0.443 e. The third kappa shape index (κ3) is 2.79. The number of para-hydroxylation sites is 1. The Hall–Kier alpha value is -0.780. The number of nitrogens with zero attached hydrogens (tertiary/aromatic N) is 1. The fourth-order valence-electron chi connectivity index (χ4n) is 2.12. The highest BCUT2D eigenvalue weighted by atomic mass is 127. The summed E-state index contributed by atoms with van der Waals surface area (Å²) in [7, 11) is 0. The Labute approximate surface area is 122 Å². The summed E-state index contributed by atoms with van der Waals surface area (Å²) >= 11 is 2.37. The first kappa shape index (κ1) is 13.6. The van der Waals surface area contributed by atoms with Gasteiger partial charge in [0.2, 0.25) is 0 Å². The van der Waals surface area contributed by atoms with Crippen LogP contribution in [0.4, 0.5) is 10.5 Å². The molecule has 0 aliphatic carbocycles. The number of ether oxygens (including phenoxy) is 1. The first-order chi connectivity index (χ1) is 8.42. The Morgan fingerprint density at radius 1 is 1.44 bits per heavy atom. The average Bonchev–Trinajstić information content (AvgIpc) is 2.65. The van der Waals surface area contributed by atoms with Crippen molar-refractivity contribution >= 4 is 34.4 Å². The van der Waals surface area contributed by atoms with Gasteiger partial charge in [-0.05, 0) is 32.4 Å². The van der Waals surface area contributed by atoms with E-state index < -0.39 is 5.60 Å². The average molecular weight is 359 g/mol. The summed E-state index contributed by atoms with van der Waals surface area (Å²) in [5, 5.41) is 0. The molecule has 2 rings (SSSR count). The third-order valence-corrected chi connectivity index (χ3v) is 3.93. The van der Waals surface area contributed by atoms with E-state index in [1.807, 2.05) is 39.0 Å². The van der Waals surface area contributed by atoms with E-state index in [1.165, 1.54) is 5.56 Å². The zero-order chi connectivity index (χ0) is 13.3. The quantitative estimate of drug-likeness (QED) is 0.561. The second kappa shape index (κ2) is 5.07. The van der Waals surface area contributed by atoms with Gasteiger partial charge in [-0.1, -0.05) is 40.8 Å². The first-order valence-electron chi connectivity index (χ1n) is 6.08. The van der Waals surface area contributed by atoms with Crippen LogP contribution in [0.5, 0.6) is 0 Å². The molecule has 0 saturated heterocycles. The van der Waals surface area contributed by atoms with Crippen molar-refractivity contribution in [2.45, 2.75) is 32.3 Å². The highest BCUT2D eigenvalue weighted by Gasteiger charge is 2.33. The molecule has 1 aliphatic heterocycles. The van der Waals surface area contributed by atoms with E-state index in [4.69, 9.17) is 4.74 Å². The maximum atomic E-state index is 12.2. The molecule has 1 aromatic carbocycles. The Kier molecular flexibility index (Phi) is 3.84. The van der Waals surface area contributed by atoms with E-state index in [-0.39, 0.29) is 6.09 Å². The lowest BCUT2D eigenvalue weighted by Crippen LogP contribution is -2.36. The van der Waals surface area contributed by atoms with Gasteiger partial charge >= 0.3 is 6.09 Å². The zero-order valence-electron chi connectivity index (χ0n) is 10.9. The van der Waals surface area contributed by atoms with E-state index in [0.29, 0.717) is 5.92 Å². The maximum absolute atomic E-state index is 12.2. The normalized spacial score (nSPS) is 18.7. The van der Waals surface area contributed by atoms with Crippen molar-refractivity contribution in [3.8, 4) is 0 Å². The molecule has 0 N–H and O–H groups in total. The number of amides is 1. The zero-order valence-corrected chi connectivity index (χ0v) is 13.1. The molecule has 4 heteroatoms. The molecule has 1 amide bonds. The summed E-state index contributed by atoms with van der Waals surface area (Å²) in [6, 6.07) is 8.08. The van der Waals surface area contributed by atoms with Crippen molar-refractivity contribution in [2.75, 3.05) is 15.9 Å². The van der Waals surface area contributed by atoms with Gasteiger partial charge < -0.3 is 4.74 Å². The minimum absolute atomic E-state index is 0.248. The molecule has 1 heterocycles. The van der Waals surface area contributed by atoms with E-state index in [2.05, 4.69) is 28.7 Å². The molecule has 0 aromatic heterocycles. The number of carbonyl (C=O) groups excluding carboxylic acids is 1. The van der Waals surface area contributed by atoms with Gasteiger partial charge in [-0.25, -0.2) is 4.79 Å². The van der Waals surface area contributed by atoms with Gasteiger partial charge in [0.05, 0.1) is 5.69 Å². The molecular formula is C14H18INO2. The van der Waals surface area contributed by atoms with Crippen LogP contribution in [0.2, 0.25) is 0 Å². The lowest BCUT2D eigenvalue weighted by Gasteiger charge is -2.25. The number of fused-ring (bicyclic) bond motifs is 1. The van der Waals surface area contributed by atoms with Crippen molar-refractivity contribution in [1.82, 2.24) is 0 Å². The lowest BCUT2D eigenvalue weighted by atomic mass is 10.0. The van der Waals surface area contributed by atoms with Crippen molar-refractivity contribution in [3.05, 3.63) is 29.8 Å². The van der Waals surface area contributed by atoms with Crippen LogP contribution in [0.3, 0.4) is 0 Å². The molecule has 18 heavy (non-hydrogen) atoms. The van der Waals surface area contributed by atoms with Crippen LogP contribution in [0.1, 0.15) is 32.3 Å². The molecule has 0 fully saturated rings. The SMILES string of the molecule is CC(C)(C)OC(=O)N1CC(CI)c2ccccc21. The second-order valence-electron chi connectivity index (χ2n) is 5.50. The van der Waals surface area contributed by atoms with E-state index in [9.17, 15) is 4.79 Å². The monoisotopic (exact) mass is 359 g/mol. The Morgan fingerprint density at radius 2 is 2.11 bits per heavy atom. The minimum atomic E-state index is -0.450. The Morgan fingerprint density at radius 3 is 2.72 bits per heavy atom. The molecule has 0 bridgehead atoms.